The molecular formula is C21H21NO7. The lowest BCUT2D eigenvalue weighted by atomic mass is 10.1. The highest BCUT2D eigenvalue weighted by atomic mass is 16.5. The molecule has 152 valence electrons. The maximum Gasteiger partial charge on any atom is 0.326 e. The topological polar surface area (TPSA) is 119 Å². The van der Waals surface area contributed by atoms with Crippen LogP contribution in [0, 0.1) is 6.92 Å². The van der Waals surface area contributed by atoms with E-state index in [1.165, 1.54) is 0 Å². The molecule has 2 rings (SSSR count). The maximum atomic E-state index is 12.2. The Balaban J connectivity index is 1.97. The van der Waals surface area contributed by atoms with E-state index in [1.807, 2.05) is 13.0 Å². The van der Waals surface area contributed by atoms with Gasteiger partial charge in [-0.25, -0.2) is 4.79 Å². The zero-order valence-corrected chi connectivity index (χ0v) is 15.8. The molecule has 1 atom stereocenters. The van der Waals surface area contributed by atoms with Gasteiger partial charge in [0.2, 0.25) is 0 Å². The molecule has 0 aromatic heterocycles. The van der Waals surface area contributed by atoms with E-state index in [2.05, 4.69) is 10.1 Å². The highest BCUT2D eigenvalue weighted by Crippen LogP contribution is 2.21. The van der Waals surface area contributed by atoms with E-state index in [0.29, 0.717) is 11.3 Å². The Morgan fingerprint density at radius 3 is 2.48 bits per heavy atom. The molecule has 0 fully saturated rings. The van der Waals surface area contributed by atoms with Crippen LogP contribution in [-0.4, -0.2) is 42.4 Å². The average Bonchev–Trinajstić information content (AvgIpc) is 2.71. The van der Waals surface area contributed by atoms with Crippen molar-refractivity contribution < 1.29 is 33.8 Å². The molecule has 8 nitrogen and oxygen atoms in total. The van der Waals surface area contributed by atoms with Gasteiger partial charge in [0.25, 0.3) is 12.4 Å². The molecule has 2 aromatic carbocycles. The number of rotatable bonds is 11. The van der Waals surface area contributed by atoms with Crippen LogP contribution in [0.4, 0.5) is 0 Å². The molecule has 8 heteroatoms. The van der Waals surface area contributed by atoms with E-state index in [0.717, 1.165) is 17.4 Å². The van der Waals surface area contributed by atoms with Crippen LogP contribution in [0.2, 0.25) is 0 Å². The first-order chi connectivity index (χ1) is 14.0. The Morgan fingerprint density at radius 2 is 1.86 bits per heavy atom. The molecule has 0 saturated carbocycles. The van der Waals surface area contributed by atoms with Crippen molar-refractivity contribution in [2.75, 3.05) is 6.61 Å². The predicted molar refractivity (Wildman–Crippen MR) is 103 cm³/mol. The largest absolute Gasteiger partial charge is 0.488 e. The molecule has 0 spiro atoms. The predicted octanol–water partition coefficient (Wildman–Crippen LogP) is 2.13. The number of carbonyl (C=O) groups excluding carboxylic acids is 3. The number of aldehydes is 1. The third-order valence-corrected chi connectivity index (χ3v) is 4.21. The van der Waals surface area contributed by atoms with Crippen molar-refractivity contribution in [3.05, 3.63) is 64.7 Å². The molecule has 1 amide bonds. The Bertz CT molecular complexity index is 877. The van der Waals surface area contributed by atoms with Gasteiger partial charge in [0, 0.05) is 12.0 Å². The van der Waals surface area contributed by atoms with Crippen LogP contribution in [0.25, 0.3) is 0 Å². The minimum atomic E-state index is -1.22. The molecule has 0 aliphatic heterocycles. The first-order valence-corrected chi connectivity index (χ1v) is 8.81. The van der Waals surface area contributed by atoms with Crippen LogP contribution >= 0.6 is 0 Å². The van der Waals surface area contributed by atoms with Crippen molar-refractivity contribution >= 4 is 24.6 Å². The molecule has 0 saturated heterocycles. The zero-order valence-electron chi connectivity index (χ0n) is 15.8. The van der Waals surface area contributed by atoms with Gasteiger partial charge in [0.05, 0.1) is 12.2 Å². The monoisotopic (exact) mass is 399 g/mol. The van der Waals surface area contributed by atoms with Gasteiger partial charge in [0.15, 0.2) is 6.29 Å². The molecule has 0 heterocycles. The molecular weight excluding hydrogens is 378 g/mol. The fraction of sp³-hybridized carbons (Fsp3) is 0.238. The summed E-state index contributed by atoms with van der Waals surface area (Å²) in [4.78, 5) is 44.8. The van der Waals surface area contributed by atoms with E-state index in [4.69, 9.17) is 9.84 Å². The van der Waals surface area contributed by atoms with E-state index in [1.54, 1.807) is 36.4 Å². The van der Waals surface area contributed by atoms with Gasteiger partial charge in [-0.05, 0) is 36.2 Å². The summed E-state index contributed by atoms with van der Waals surface area (Å²) in [7, 11) is 0. The Labute approximate surface area is 167 Å². The summed E-state index contributed by atoms with van der Waals surface area (Å²) in [6.07, 6.45) is 0.707. The van der Waals surface area contributed by atoms with Crippen molar-refractivity contribution in [3.63, 3.8) is 0 Å². The fourth-order valence-electron chi connectivity index (χ4n) is 2.58. The zero-order chi connectivity index (χ0) is 21.2. The first kappa shape index (κ1) is 21.6. The van der Waals surface area contributed by atoms with Crippen molar-refractivity contribution in [1.82, 2.24) is 5.32 Å². The van der Waals surface area contributed by atoms with Gasteiger partial charge in [-0.1, -0.05) is 24.3 Å². The molecule has 0 unspecified atom stereocenters. The normalized spacial score (nSPS) is 11.2. The number of benzene rings is 2. The maximum absolute atomic E-state index is 12.2. The number of aliphatic carboxylic acids is 1. The molecule has 0 bridgehead atoms. The van der Waals surface area contributed by atoms with Gasteiger partial charge in [-0.3, -0.25) is 14.4 Å². The van der Waals surface area contributed by atoms with Crippen molar-refractivity contribution in [1.29, 1.82) is 0 Å². The summed E-state index contributed by atoms with van der Waals surface area (Å²) in [5, 5.41) is 11.5. The highest BCUT2D eigenvalue weighted by molar-refractivity contribution is 5.96. The van der Waals surface area contributed by atoms with Crippen LogP contribution in [0.3, 0.4) is 0 Å². The summed E-state index contributed by atoms with van der Waals surface area (Å²) >= 11 is 0. The number of hydrogen-bond acceptors (Lipinski definition) is 6. The van der Waals surface area contributed by atoms with E-state index >= 15 is 0 Å². The lowest BCUT2D eigenvalue weighted by Crippen LogP contribution is -2.41. The first-order valence-electron chi connectivity index (χ1n) is 8.81. The minimum absolute atomic E-state index is 0.0404. The number of carboxylic acid groups (broad SMARTS) is 1. The number of aryl methyl sites for hydroxylation is 1. The fourth-order valence-corrected chi connectivity index (χ4v) is 2.58. The SMILES string of the molecule is Cc1cccc(OCc2ccc(C(=O)N[C@@H](CCOC=O)C(=O)O)cc2)c1C=O. The third-order valence-electron chi connectivity index (χ3n) is 4.21. The van der Waals surface area contributed by atoms with Gasteiger partial charge in [0.1, 0.15) is 18.4 Å². The average molecular weight is 399 g/mol. The van der Waals surface area contributed by atoms with Gasteiger partial charge in [-0.2, -0.15) is 0 Å². The second kappa shape index (κ2) is 10.6. The molecule has 0 aliphatic carbocycles. The number of carboxylic acids is 1. The minimum Gasteiger partial charge on any atom is -0.488 e. The smallest absolute Gasteiger partial charge is 0.326 e. The molecule has 2 aromatic rings. The molecule has 0 radical (unpaired) electrons. The highest BCUT2D eigenvalue weighted by Gasteiger charge is 2.20. The summed E-state index contributed by atoms with van der Waals surface area (Å²) in [5.74, 6) is -1.30. The van der Waals surface area contributed by atoms with Crippen molar-refractivity contribution in [2.45, 2.75) is 26.0 Å². The Hall–Kier alpha value is -3.68. The van der Waals surface area contributed by atoms with Crippen LogP contribution in [0.5, 0.6) is 5.75 Å². The van der Waals surface area contributed by atoms with Gasteiger partial charge >= 0.3 is 5.97 Å². The Morgan fingerprint density at radius 1 is 1.14 bits per heavy atom. The van der Waals surface area contributed by atoms with Gasteiger partial charge < -0.3 is 19.9 Å². The Kier molecular flexibility index (Phi) is 7.90. The lowest BCUT2D eigenvalue weighted by molar-refractivity contribution is -0.140. The summed E-state index contributed by atoms with van der Waals surface area (Å²) in [5.41, 5.74) is 2.35. The number of hydrogen-bond donors (Lipinski definition) is 2. The van der Waals surface area contributed by atoms with Crippen molar-refractivity contribution in [2.24, 2.45) is 0 Å². The number of ether oxygens (including phenoxy) is 2. The molecule has 0 aliphatic rings. The van der Waals surface area contributed by atoms with E-state index in [-0.39, 0.29) is 31.7 Å². The standard InChI is InChI=1S/C21H21NO7/c1-14-3-2-4-19(17(14)11-23)29-12-15-5-7-16(8-6-15)20(25)22-18(21(26)27)9-10-28-13-24/h2-8,11,13,18H,9-10,12H2,1H3,(H,22,25)(H,26,27)/t18-/m0/s1. The molecule has 29 heavy (non-hydrogen) atoms. The summed E-state index contributed by atoms with van der Waals surface area (Å²) in [6, 6.07) is 10.6. The second-order valence-corrected chi connectivity index (χ2v) is 6.21. The van der Waals surface area contributed by atoms with Crippen LogP contribution in [0.15, 0.2) is 42.5 Å². The van der Waals surface area contributed by atoms with Crippen molar-refractivity contribution in [3.8, 4) is 5.75 Å². The number of amides is 1. The van der Waals surface area contributed by atoms with E-state index < -0.39 is 17.9 Å². The van der Waals surface area contributed by atoms with Crippen LogP contribution < -0.4 is 10.1 Å². The second-order valence-electron chi connectivity index (χ2n) is 6.21. The van der Waals surface area contributed by atoms with Crippen LogP contribution in [0.1, 0.15) is 38.3 Å². The summed E-state index contributed by atoms with van der Waals surface area (Å²) in [6.45, 7) is 2.13. The van der Waals surface area contributed by atoms with Gasteiger partial charge in [-0.15, -0.1) is 0 Å². The third kappa shape index (κ3) is 6.17. The number of nitrogens with one attached hydrogen (secondary N) is 1. The quantitative estimate of drug-likeness (QED) is 0.439. The lowest BCUT2D eigenvalue weighted by Gasteiger charge is -2.14. The summed E-state index contributed by atoms with van der Waals surface area (Å²) < 4.78 is 10.2. The van der Waals surface area contributed by atoms with E-state index in [9.17, 15) is 19.2 Å². The molecule has 2 N–H and O–H groups in total. The number of carbonyl (C=O) groups is 4. The van der Waals surface area contributed by atoms with Crippen LogP contribution in [-0.2, 0) is 20.9 Å².